The normalized spacial score (nSPS) is 11.0. The second-order valence-corrected chi connectivity index (χ2v) is 6.67. The number of nitrogens with zero attached hydrogens (tertiary/aromatic N) is 4. The molecule has 2 heterocycles. The van der Waals surface area contributed by atoms with Crippen LogP contribution in [0.25, 0.3) is 11.3 Å². The summed E-state index contributed by atoms with van der Waals surface area (Å²) in [5.74, 6) is 2.24. The van der Waals surface area contributed by atoms with E-state index in [4.69, 9.17) is 19.4 Å². The quantitative estimate of drug-likeness (QED) is 0.654. The van der Waals surface area contributed by atoms with Crippen LogP contribution in [0.3, 0.4) is 0 Å². The Bertz CT molecular complexity index is 758. The summed E-state index contributed by atoms with van der Waals surface area (Å²) in [7, 11) is 5.58. The van der Waals surface area contributed by atoms with E-state index in [0.29, 0.717) is 5.88 Å². The summed E-state index contributed by atoms with van der Waals surface area (Å²) in [6.07, 6.45) is 5.39. The third-order valence-electron chi connectivity index (χ3n) is 4.65. The van der Waals surface area contributed by atoms with E-state index in [2.05, 4.69) is 32.7 Å². The zero-order chi connectivity index (χ0) is 20.0. The number of anilines is 1. The van der Waals surface area contributed by atoms with Gasteiger partial charge >= 0.3 is 0 Å². The molecule has 6 heteroatoms. The number of rotatable bonds is 9. The van der Waals surface area contributed by atoms with Crippen molar-refractivity contribution in [3.63, 3.8) is 0 Å². The molecule has 0 fully saturated rings. The van der Waals surface area contributed by atoms with Gasteiger partial charge in [0.25, 0.3) is 0 Å². The summed E-state index contributed by atoms with van der Waals surface area (Å²) < 4.78 is 11.8. The van der Waals surface area contributed by atoms with Crippen molar-refractivity contribution in [1.29, 1.82) is 0 Å². The van der Waals surface area contributed by atoms with E-state index in [1.165, 1.54) is 0 Å². The Hall–Kier alpha value is -2.37. The van der Waals surface area contributed by atoms with E-state index in [9.17, 15) is 0 Å². The molecule has 0 bridgehead atoms. The van der Waals surface area contributed by atoms with Crippen LogP contribution in [0.2, 0.25) is 0 Å². The highest BCUT2D eigenvalue weighted by Crippen LogP contribution is 2.34. The van der Waals surface area contributed by atoms with Gasteiger partial charge in [-0.15, -0.1) is 0 Å². The summed E-state index contributed by atoms with van der Waals surface area (Å²) >= 11 is 0. The first-order valence-electron chi connectivity index (χ1n) is 9.76. The Morgan fingerprint density at radius 3 is 2.19 bits per heavy atom. The average Bonchev–Trinajstić information content (AvgIpc) is 2.70. The van der Waals surface area contributed by atoms with Gasteiger partial charge in [0.1, 0.15) is 17.3 Å². The fourth-order valence-electron chi connectivity index (χ4n) is 2.91. The van der Waals surface area contributed by atoms with E-state index in [1.54, 1.807) is 7.11 Å². The molecule has 2 rings (SSSR count). The number of methoxy groups -OCH3 is 1. The highest BCUT2D eigenvalue weighted by molar-refractivity contribution is 5.70. The second-order valence-electron chi connectivity index (χ2n) is 6.67. The molecule has 0 saturated heterocycles. The number of hydrogen-bond donors (Lipinski definition) is 0. The number of ether oxygens (including phenoxy) is 2. The first-order chi connectivity index (χ1) is 13.0. The molecule has 0 radical (unpaired) electrons. The lowest BCUT2D eigenvalue weighted by Gasteiger charge is -2.20. The van der Waals surface area contributed by atoms with Gasteiger partial charge in [0, 0.05) is 26.4 Å². The van der Waals surface area contributed by atoms with Crippen LogP contribution < -0.4 is 14.4 Å². The standard InChI is InChI=1S/C21H32N4O2/c1-8-14(9-2)27-21-17(11-4)23-20(16(10-3)24-21)15-13-22-19(25(5)6)12-18(15)26-7/h12-14H,8-11H2,1-7H3. The van der Waals surface area contributed by atoms with Gasteiger partial charge in [0.05, 0.1) is 30.2 Å². The third-order valence-corrected chi connectivity index (χ3v) is 4.65. The molecular weight excluding hydrogens is 340 g/mol. The second kappa shape index (κ2) is 9.53. The highest BCUT2D eigenvalue weighted by atomic mass is 16.5. The lowest BCUT2D eigenvalue weighted by Crippen LogP contribution is -2.17. The Labute approximate surface area is 163 Å². The topological polar surface area (TPSA) is 60.4 Å². The molecule has 6 nitrogen and oxygen atoms in total. The molecular formula is C21H32N4O2. The molecule has 2 aromatic rings. The van der Waals surface area contributed by atoms with E-state index >= 15 is 0 Å². The largest absolute Gasteiger partial charge is 0.496 e. The van der Waals surface area contributed by atoms with Crippen LogP contribution in [0, 0.1) is 0 Å². The van der Waals surface area contributed by atoms with Crippen LogP contribution in [0.5, 0.6) is 11.6 Å². The van der Waals surface area contributed by atoms with Gasteiger partial charge in [-0.2, -0.15) is 0 Å². The van der Waals surface area contributed by atoms with Gasteiger partial charge in [0.15, 0.2) is 0 Å². The summed E-state index contributed by atoms with van der Waals surface area (Å²) in [6, 6.07) is 1.93. The predicted molar refractivity (Wildman–Crippen MR) is 110 cm³/mol. The van der Waals surface area contributed by atoms with E-state index in [1.807, 2.05) is 31.3 Å². The first-order valence-corrected chi connectivity index (χ1v) is 9.76. The van der Waals surface area contributed by atoms with Crippen LogP contribution in [-0.2, 0) is 12.8 Å². The maximum Gasteiger partial charge on any atom is 0.236 e. The summed E-state index contributed by atoms with van der Waals surface area (Å²) in [5.41, 5.74) is 3.44. The molecule has 0 aliphatic rings. The Morgan fingerprint density at radius 1 is 1.00 bits per heavy atom. The Morgan fingerprint density at radius 2 is 1.67 bits per heavy atom. The maximum atomic E-state index is 6.15. The van der Waals surface area contributed by atoms with Crippen LogP contribution in [0.4, 0.5) is 5.82 Å². The van der Waals surface area contributed by atoms with Crippen LogP contribution in [0.1, 0.15) is 51.9 Å². The van der Waals surface area contributed by atoms with Crippen molar-refractivity contribution < 1.29 is 9.47 Å². The fraction of sp³-hybridized carbons (Fsp3) is 0.571. The number of hydrogen-bond acceptors (Lipinski definition) is 6. The van der Waals surface area contributed by atoms with Crippen molar-refractivity contribution >= 4 is 5.82 Å². The highest BCUT2D eigenvalue weighted by Gasteiger charge is 2.20. The van der Waals surface area contributed by atoms with Gasteiger partial charge < -0.3 is 14.4 Å². The monoisotopic (exact) mass is 372 g/mol. The zero-order valence-electron chi connectivity index (χ0n) is 17.7. The lowest BCUT2D eigenvalue weighted by atomic mass is 10.1. The maximum absolute atomic E-state index is 6.15. The molecule has 0 amide bonds. The molecule has 148 valence electrons. The van der Waals surface area contributed by atoms with E-state index in [-0.39, 0.29) is 6.10 Å². The molecule has 0 spiro atoms. The molecule has 0 unspecified atom stereocenters. The minimum atomic E-state index is 0.163. The van der Waals surface area contributed by atoms with Gasteiger partial charge in [-0.1, -0.05) is 27.7 Å². The molecule has 2 aromatic heterocycles. The summed E-state index contributed by atoms with van der Waals surface area (Å²) in [6.45, 7) is 8.41. The van der Waals surface area contributed by atoms with Gasteiger partial charge in [-0.05, 0) is 25.7 Å². The summed E-state index contributed by atoms with van der Waals surface area (Å²) in [5, 5.41) is 0. The van der Waals surface area contributed by atoms with Crippen LogP contribution >= 0.6 is 0 Å². The van der Waals surface area contributed by atoms with Crippen molar-refractivity contribution in [3.8, 4) is 22.9 Å². The molecule has 0 aromatic carbocycles. The molecule has 0 aliphatic heterocycles. The Balaban J connectivity index is 2.57. The molecule has 27 heavy (non-hydrogen) atoms. The third kappa shape index (κ3) is 4.67. The molecule has 0 atom stereocenters. The van der Waals surface area contributed by atoms with Crippen molar-refractivity contribution in [2.24, 2.45) is 0 Å². The smallest absolute Gasteiger partial charge is 0.236 e. The molecule has 0 N–H and O–H groups in total. The minimum absolute atomic E-state index is 0.163. The van der Waals surface area contributed by atoms with E-state index < -0.39 is 0 Å². The average molecular weight is 373 g/mol. The minimum Gasteiger partial charge on any atom is -0.496 e. The zero-order valence-corrected chi connectivity index (χ0v) is 17.7. The molecule has 0 saturated carbocycles. The molecule has 0 aliphatic carbocycles. The fourth-order valence-corrected chi connectivity index (χ4v) is 2.91. The SMILES string of the molecule is CCc1nc(-c2cnc(N(C)C)cc2OC)c(CC)nc1OC(CC)CC. The van der Waals surface area contributed by atoms with Crippen LogP contribution in [0.15, 0.2) is 12.3 Å². The van der Waals surface area contributed by atoms with Crippen molar-refractivity contribution in [3.05, 3.63) is 23.7 Å². The van der Waals surface area contributed by atoms with E-state index in [0.717, 1.165) is 59.9 Å². The summed E-state index contributed by atoms with van der Waals surface area (Å²) in [4.78, 5) is 16.2. The number of aryl methyl sites for hydroxylation is 2. The van der Waals surface area contributed by atoms with Gasteiger partial charge in [-0.3, -0.25) is 0 Å². The van der Waals surface area contributed by atoms with Crippen molar-refractivity contribution in [1.82, 2.24) is 15.0 Å². The number of aromatic nitrogens is 3. The van der Waals surface area contributed by atoms with Gasteiger partial charge in [0.2, 0.25) is 5.88 Å². The first kappa shape index (κ1) is 20.9. The lowest BCUT2D eigenvalue weighted by molar-refractivity contribution is 0.181. The van der Waals surface area contributed by atoms with Crippen molar-refractivity contribution in [2.75, 3.05) is 26.1 Å². The Kier molecular flexibility index (Phi) is 7.39. The van der Waals surface area contributed by atoms with Crippen LogP contribution in [-0.4, -0.2) is 42.3 Å². The predicted octanol–water partition coefficient (Wildman–Crippen LogP) is 4.31. The number of pyridine rings is 1. The van der Waals surface area contributed by atoms with Crippen molar-refractivity contribution in [2.45, 2.75) is 59.5 Å². The van der Waals surface area contributed by atoms with Gasteiger partial charge in [-0.25, -0.2) is 15.0 Å².